The SMILES string of the molecule is COc1ccc2[nH]cc(CCN=C3NC=CC(N)(c4cccc5[nH]ccc45)N3)c2c1. The van der Waals surface area contributed by atoms with E-state index < -0.39 is 5.66 Å². The molecule has 152 valence electrons. The first-order chi connectivity index (χ1) is 14.7. The summed E-state index contributed by atoms with van der Waals surface area (Å²) in [6.45, 7) is 0.623. The van der Waals surface area contributed by atoms with Gasteiger partial charge in [0.05, 0.1) is 7.11 Å². The highest BCUT2D eigenvalue weighted by Gasteiger charge is 2.29. The molecule has 0 saturated carbocycles. The van der Waals surface area contributed by atoms with Crippen molar-refractivity contribution >= 4 is 27.8 Å². The molecule has 2 aromatic carbocycles. The highest BCUT2D eigenvalue weighted by Crippen LogP contribution is 2.27. The van der Waals surface area contributed by atoms with Crippen LogP contribution in [0, 0.1) is 0 Å². The van der Waals surface area contributed by atoms with Crippen LogP contribution in [-0.4, -0.2) is 29.6 Å². The van der Waals surface area contributed by atoms with Crippen molar-refractivity contribution in [2.24, 2.45) is 10.7 Å². The Morgan fingerprint density at radius 2 is 1.97 bits per heavy atom. The van der Waals surface area contributed by atoms with Crippen LogP contribution in [-0.2, 0) is 12.1 Å². The molecule has 0 bridgehead atoms. The minimum absolute atomic E-state index is 0.623. The summed E-state index contributed by atoms with van der Waals surface area (Å²) >= 11 is 0. The van der Waals surface area contributed by atoms with Gasteiger partial charge >= 0.3 is 0 Å². The molecule has 0 amide bonds. The Bertz CT molecular complexity index is 1270. The molecule has 1 aliphatic heterocycles. The van der Waals surface area contributed by atoms with Gasteiger partial charge in [0, 0.05) is 52.5 Å². The second-order valence-corrected chi connectivity index (χ2v) is 7.42. The maximum Gasteiger partial charge on any atom is 0.197 e. The number of rotatable bonds is 5. The summed E-state index contributed by atoms with van der Waals surface area (Å²) in [4.78, 5) is 11.2. The number of aromatic nitrogens is 2. The maximum absolute atomic E-state index is 6.72. The number of ether oxygens (including phenoxy) is 1. The number of nitrogens with zero attached hydrogens (tertiary/aromatic N) is 1. The maximum atomic E-state index is 6.72. The Morgan fingerprint density at radius 1 is 1.07 bits per heavy atom. The molecular weight excluding hydrogens is 376 g/mol. The van der Waals surface area contributed by atoms with Crippen molar-refractivity contribution in [1.29, 1.82) is 0 Å². The van der Waals surface area contributed by atoms with Crippen molar-refractivity contribution in [1.82, 2.24) is 20.6 Å². The second kappa shape index (κ2) is 7.27. The predicted molar refractivity (Wildman–Crippen MR) is 120 cm³/mol. The number of nitrogens with one attached hydrogen (secondary N) is 4. The standard InChI is InChI=1S/C23H24N6O/c1-30-16-5-6-21-18(13-16)15(14-28-21)7-10-26-22-27-12-9-23(24,29-22)19-3-2-4-20-17(19)8-11-25-20/h2-6,8-9,11-14,25,28H,7,10,24H2,1H3,(H2,26,27,29). The van der Waals surface area contributed by atoms with E-state index >= 15 is 0 Å². The lowest BCUT2D eigenvalue weighted by molar-refractivity contribution is 0.415. The average Bonchev–Trinajstić information content (AvgIpc) is 3.40. The first kappa shape index (κ1) is 18.3. The van der Waals surface area contributed by atoms with Crippen LogP contribution < -0.4 is 21.1 Å². The third-order valence-electron chi connectivity index (χ3n) is 5.56. The zero-order valence-electron chi connectivity index (χ0n) is 16.7. The first-order valence-electron chi connectivity index (χ1n) is 9.93. The number of methoxy groups -OCH3 is 1. The van der Waals surface area contributed by atoms with Gasteiger partial charge in [0.1, 0.15) is 11.4 Å². The lowest BCUT2D eigenvalue weighted by Crippen LogP contribution is -2.57. The van der Waals surface area contributed by atoms with E-state index in [1.165, 1.54) is 5.56 Å². The van der Waals surface area contributed by atoms with Crippen molar-refractivity contribution < 1.29 is 4.74 Å². The van der Waals surface area contributed by atoms with E-state index in [0.29, 0.717) is 12.5 Å². The van der Waals surface area contributed by atoms with Crippen molar-refractivity contribution in [3.8, 4) is 5.75 Å². The molecule has 0 spiro atoms. The van der Waals surface area contributed by atoms with E-state index in [9.17, 15) is 0 Å². The van der Waals surface area contributed by atoms with E-state index in [1.807, 2.05) is 61.1 Å². The fourth-order valence-corrected chi connectivity index (χ4v) is 3.99. The Hall–Kier alpha value is -3.71. The largest absolute Gasteiger partial charge is 0.497 e. The van der Waals surface area contributed by atoms with Crippen LogP contribution in [0.2, 0.25) is 0 Å². The summed E-state index contributed by atoms with van der Waals surface area (Å²) in [5, 5.41) is 8.76. The molecular formula is C23H24N6O. The number of hydrogen-bond acceptors (Lipinski definition) is 3. The lowest BCUT2D eigenvalue weighted by atomic mass is 9.96. The second-order valence-electron chi connectivity index (χ2n) is 7.42. The summed E-state index contributed by atoms with van der Waals surface area (Å²) in [6.07, 6.45) is 8.52. The van der Waals surface area contributed by atoms with Gasteiger partial charge in [0.2, 0.25) is 0 Å². The van der Waals surface area contributed by atoms with Gasteiger partial charge in [0.15, 0.2) is 5.96 Å². The molecule has 6 N–H and O–H groups in total. The summed E-state index contributed by atoms with van der Waals surface area (Å²) in [7, 11) is 1.68. The van der Waals surface area contributed by atoms with Gasteiger partial charge in [-0.25, -0.2) is 0 Å². The normalized spacial score (nSPS) is 19.9. The molecule has 0 fully saturated rings. The van der Waals surface area contributed by atoms with Gasteiger partial charge in [-0.1, -0.05) is 12.1 Å². The first-order valence-corrected chi connectivity index (χ1v) is 9.93. The van der Waals surface area contributed by atoms with Crippen LogP contribution in [0.15, 0.2) is 72.1 Å². The third kappa shape index (κ3) is 3.19. The number of nitrogens with two attached hydrogens (primary N) is 1. The van der Waals surface area contributed by atoms with Crippen LogP contribution in [0.4, 0.5) is 0 Å². The number of aromatic amines is 2. The van der Waals surface area contributed by atoms with Gasteiger partial charge in [0.25, 0.3) is 0 Å². The van der Waals surface area contributed by atoms with E-state index in [2.05, 4.69) is 26.7 Å². The molecule has 0 radical (unpaired) electrons. The Morgan fingerprint density at radius 3 is 2.87 bits per heavy atom. The van der Waals surface area contributed by atoms with Crippen LogP contribution in [0.25, 0.3) is 21.8 Å². The van der Waals surface area contributed by atoms with E-state index in [1.54, 1.807) is 7.11 Å². The molecule has 7 heteroatoms. The zero-order valence-corrected chi connectivity index (χ0v) is 16.7. The topological polar surface area (TPSA) is 103 Å². The molecule has 1 atom stereocenters. The minimum Gasteiger partial charge on any atom is -0.497 e. The zero-order chi connectivity index (χ0) is 20.6. The van der Waals surface area contributed by atoms with Gasteiger partial charge in [-0.2, -0.15) is 0 Å². The van der Waals surface area contributed by atoms with Crippen LogP contribution >= 0.6 is 0 Å². The van der Waals surface area contributed by atoms with Crippen LogP contribution in [0.5, 0.6) is 5.75 Å². The van der Waals surface area contributed by atoms with Gasteiger partial charge in [-0.15, -0.1) is 0 Å². The Balaban J connectivity index is 1.35. The number of benzene rings is 2. The fraction of sp³-hybridized carbons (Fsp3) is 0.174. The molecule has 5 rings (SSSR count). The number of H-pyrrole nitrogens is 2. The summed E-state index contributed by atoms with van der Waals surface area (Å²) in [6, 6.07) is 14.2. The van der Waals surface area contributed by atoms with E-state index in [-0.39, 0.29) is 0 Å². The minimum atomic E-state index is -0.833. The molecule has 1 unspecified atom stereocenters. The van der Waals surface area contributed by atoms with Gasteiger partial charge in [-0.05, 0) is 48.4 Å². The van der Waals surface area contributed by atoms with Crippen molar-refractivity contribution in [2.45, 2.75) is 12.1 Å². The fourth-order valence-electron chi connectivity index (χ4n) is 3.99. The molecule has 0 saturated heterocycles. The molecule has 0 aliphatic carbocycles. The highest BCUT2D eigenvalue weighted by molar-refractivity contribution is 5.88. The number of aliphatic imine (C=N–C) groups is 1. The molecule has 3 heterocycles. The van der Waals surface area contributed by atoms with Crippen LogP contribution in [0.3, 0.4) is 0 Å². The Kier molecular flexibility index (Phi) is 4.44. The molecule has 2 aromatic heterocycles. The van der Waals surface area contributed by atoms with Gasteiger partial charge < -0.3 is 31.1 Å². The van der Waals surface area contributed by atoms with E-state index in [0.717, 1.165) is 39.5 Å². The quantitative estimate of drug-likeness (QED) is 0.355. The van der Waals surface area contributed by atoms with E-state index in [4.69, 9.17) is 15.5 Å². The number of guanidine groups is 1. The average molecular weight is 400 g/mol. The third-order valence-corrected chi connectivity index (χ3v) is 5.56. The van der Waals surface area contributed by atoms with Crippen LogP contribution in [0.1, 0.15) is 11.1 Å². The molecule has 30 heavy (non-hydrogen) atoms. The highest BCUT2D eigenvalue weighted by atomic mass is 16.5. The monoisotopic (exact) mass is 400 g/mol. The molecule has 4 aromatic rings. The van der Waals surface area contributed by atoms with Gasteiger partial charge in [-0.3, -0.25) is 4.99 Å². The summed E-state index contributed by atoms with van der Waals surface area (Å²) in [5.41, 5.74) is 10.2. The number of fused-ring (bicyclic) bond motifs is 2. The molecule has 1 aliphatic rings. The summed E-state index contributed by atoms with van der Waals surface area (Å²) in [5.74, 6) is 1.51. The van der Waals surface area contributed by atoms with Crippen molar-refractivity contribution in [3.63, 3.8) is 0 Å². The van der Waals surface area contributed by atoms with Crippen molar-refractivity contribution in [2.75, 3.05) is 13.7 Å². The lowest BCUT2D eigenvalue weighted by Gasteiger charge is -2.33. The Labute approximate surface area is 174 Å². The molecule has 7 nitrogen and oxygen atoms in total. The predicted octanol–water partition coefficient (Wildman–Crippen LogP) is 3.07. The smallest absolute Gasteiger partial charge is 0.197 e. The number of hydrogen-bond donors (Lipinski definition) is 5. The summed E-state index contributed by atoms with van der Waals surface area (Å²) < 4.78 is 5.35. The van der Waals surface area contributed by atoms with Crippen molar-refractivity contribution in [3.05, 3.63) is 78.3 Å².